The minimum atomic E-state index is -3.81. The second kappa shape index (κ2) is 7.48. The van der Waals surface area contributed by atoms with Crippen molar-refractivity contribution in [3.8, 4) is 0 Å². The molecule has 0 aliphatic carbocycles. The van der Waals surface area contributed by atoms with Gasteiger partial charge in [-0.2, -0.15) is 0 Å². The Hall–Kier alpha value is -1.74. The summed E-state index contributed by atoms with van der Waals surface area (Å²) in [5.41, 5.74) is 2.30. The molecule has 1 aliphatic heterocycles. The highest BCUT2D eigenvalue weighted by atomic mass is 32.2. The molecule has 26 heavy (non-hydrogen) atoms. The van der Waals surface area contributed by atoms with Gasteiger partial charge in [0.05, 0.1) is 15.5 Å². The van der Waals surface area contributed by atoms with Crippen LogP contribution in [0, 0.1) is 0 Å². The van der Waals surface area contributed by atoms with Crippen LogP contribution in [-0.4, -0.2) is 35.7 Å². The number of rotatable bonds is 6. The third-order valence-electron chi connectivity index (χ3n) is 4.55. The summed E-state index contributed by atoms with van der Waals surface area (Å²) in [4.78, 5) is -0.0277. The van der Waals surface area contributed by atoms with Gasteiger partial charge in [-0.3, -0.25) is 0 Å². The fraction of sp³-hybridized carbons (Fsp3) is 0.333. The maximum atomic E-state index is 12.6. The van der Waals surface area contributed by atoms with Gasteiger partial charge in [0.25, 0.3) is 0 Å². The van der Waals surface area contributed by atoms with Gasteiger partial charge in [0.1, 0.15) is 0 Å². The Morgan fingerprint density at radius 2 is 1.77 bits per heavy atom. The van der Waals surface area contributed by atoms with Crippen molar-refractivity contribution in [2.75, 3.05) is 18.8 Å². The van der Waals surface area contributed by atoms with E-state index in [0.717, 1.165) is 18.5 Å². The van der Waals surface area contributed by atoms with E-state index in [9.17, 15) is 16.8 Å². The van der Waals surface area contributed by atoms with Crippen molar-refractivity contribution in [1.29, 1.82) is 0 Å². The number of benzene rings is 2. The van der Waals surface area contributed by atoms with E-state index in [-0.39, 0.29) is 28.1 Å². The maximum Gasteiger partial charge on any atom is 0.240 e. The maximum absolute atomic E-state index is 12.6. The molecule has 140 valence electrons. The van der Waals surface area contributed by atoms with Gasteiger partial charge in [-0.05, 0) is 42.3 Å². The Balaban J connectivity index is 1.80. The molecule has 0 aromatic heterocycles. The van der Waals surface area contributed by atoms with Gasteiger partial charge in [-0.25, -0.2) is 21.6 Å². The Kier molecular flexibility index (Phi) is 5.47. The number of sulfone groups is 1. The van der Waals surface area contributed by atoms with Gasteiger partial charge in [0, 0.05) is 12.6 Å². The molecule has 0 bridgehead atoms. The standard InChI is InChI=1S/C18H22N2O4S2/c1-2-25(21,22)15-7-5-8-16(12-15)26(23,24)20-13-18-17-9-4-3-6-14(17)10-11-19-18/h3-9,12,18-20H,2,10-11,13H2,1H3. The van der Waals surface area contributed by atoms with Crippen LogP contribution < -0.4 is 10.0 Å². The monoisotopic (exact) mass is 394 g/mol. The summed E-state index contributed by atoms with van der Waals surface area (Å²) in [6.07, 6.45) is 0.913. The fourth-order valence-corrected chi connectivity index (χ4v) is 5.15. The second-order valence-electron chi connectivity index (χ2n) is 6.19. The van der Waals surface area contributed by atoms with Crippen LogP contribution in [0.5, 0.6) is 0 Å². The average Bonchev–Trinajstić information content (AvgIpc) is 2.66. The second-order valence-corrected chi connectivity index (χ2v) is 10.2. The van der Waals surface area contributed by atoms with E-state index in [1.807, 2.05) is 18.2 Å². The highest BCUT2D eigenvalue weighted by Crippen LogP contribution is 2.23. The highest BCUT2D eigenvalue weighted by Gasteiger charge is 2.23. The van der Waals surface area contributed by atoms with Crippen LogP contribution in [0.4, 0.5) is 0 Å². The summed E-state index contributed by atoms with van der Waals surface area (Å²) in [5, 5.41) is 3.32. The Morgan fingerprint density at radius 3 is 2.54 bits per heavy atom. The predicted octanol–water partition coefficient (Wildman–Crippen LogP) is 1.65. The minimum absolute atomic E-state index is 0.0176. The number of sulfonamides is 1. The van der Waals surface area contributed by atoms with Gasteiger partial charge in [-0.15, -0.1) is 0 Å². The number of nitrogens with one attached hydrogen (secondary N) is 2. The van der Waals surface area contributed by atoms with Crippen LogP contribution in [0.2, 0.25) is 0 Å². The molecule has 6 nitrogen and oxygen atoms in total. The molecule has 2 aromatic rings. The molecule has 0 amide bonds. The largest absolute Gasteiger partial charge is 0.308 e. The van der Waals surface area contributed by atoms with E-state index < -0.39 is 19.9 Å². The third kappa shape index (κ3) is 3.98. The van der Waals surface area contributed by atoms with E-state index in [2.05, 4.69) is 16.1 Å². The van der Waals surface area contributed by atoms with E-state index in [1.54, 1.807) is 0 Å². The lowest BCUT2D eigenvalue weighted by Crippen LogP contribution is -2.38. The van der Waals surface area contributed by atoms with Gasteiger partial charge >= 0.3 is 0 Å². The van der Waals surface area contributed by atoms with Crippen LogP contribution in [0.25, 0.3) is 0 Å². The van der Waals surface area contributed by atoms with Gasteiger partial charge in [-0.1, -0.05) is 37.3 Å². The van der Waals surface area contributed by atoms with E-state index in [1.165, 1.54) is 36.8 Å². The molecule has 3 rings (SSSR count). The first kappa shape index (κ1) is 19.0. The molecule has 8 heteroatoms. The normalized spacial score (nSPS) is 17.7. The van der Waals surface area contributed by atoms with Gasteiger partial charge < -0.3 is 5.32 Å². The lowest BCUT2D eigenvalue weighted by atomic mass is 9.95. The zero-order valence-electron chi connectivity index (χ0n) is 14.5. The summed E-state index contributed by atoms with van der Waals surface area (Å²) >= 11 is 0. The molecule has 0 saturated carbocycles. The van der Waals surface area contributed by atoms with E-state index in [0.29, 0.717) is 0 Å². The average molecular weight is 395 g/mol. The van der Waals surface area contributed by atoms with Crippen molar-refractivity contribution in [3.05, 3.63) is 59.7 Å². The lowest BCUT2D eigenvalue weighted by molar-refractivity contribution is 0.491. The first-order chi connectivity index (χ1) is 12.3. The van der Waals surface area contributed by atoms with Gasteiger partial charge in [0.2, 0.25) is 10.0 Å². The molecule has 1 heterocycles. The molecule has 1 atom stereocenters. The topological polar surface area (TPSA) is 92.3 Å². The Labute approximate surface area is 154 Å². The number of fused-ring (bicyclic) bond motifs is 1. The summed E-state index contributed by atoms with van der Waals surface area (Å²) < 4.78 is 51.8. The molecular formula is C18H22N2O4S2. The van der Waals surface area contributed by atoms with Crippen LogP contribution in [0.3, 0.4) is 0 Å². The van der Waals surface area contributed by atoms with Gasteiger partial charge in [0.15, 0.2) is 9.84 Å². The molecule has 1 unspecified atom stereocenters. The van der Waals surface area contributed by atoms with E-state index >= 15 is 0 Å². The summed E-state index contributed by atoms with van der Waals surface area (Å²) in [7, 11) is -7.27. The highest BCUT2D eigenvalue weighted by molar-refractivity contribution is 7.91. The summed E-state index contributed by atoms with van der Waals surface area (Å²) in [6, 6.07) is 13.3. The molecule has 2 N–H and O–H groups in total. The van der Waals surface area contributed by atoms with Crippen molar-refractivity contribution >= 4 is 19.9 Å². The van der Waals surface area contributed by atoms with Crippen LogP contribution in [-0.2, 0) is 26.3 Å². The SMILES string of the molecule is CCS(=O)(=O)c1cccc(S(=O)(=O)NCC2NCCc3ccccc32)c1. The Morgan fingerprint density at radius 1 is 1.04 bits per heavy atom. The zero-order valence-corrected chi connectivity index (χ0v) is 16.1. The summed E-state index contributed by atoms with van der Waals surface area (Å²) in [5.74, 6) is -0.0767. The third-order valence-corrected chi connectivity index (χ3v) is 7.70. The van der Waals surface area contributed by atoms with Crippen LogP contribution >= 0.6 is 0 Å². The molecule has 1 aliphatic rings. The van der Waals surface area contributed by atoms with Crippen molar-refractivity contribution in [2.45, 2.75) is 29.2 Å². The smallest absolute Gasteiger partial charge is 0.240 e. The lowest BCUT2D eigenvalue weighted by Gasteiger charge is -2.27. The zero-order chi connectivity index (χ0) is 18.8. The molecule has 0 radical (unpaired) electrons. The molecule has 0 saturated heterocycles. The molecule has 2 aromatic carbocycles. The van der Waals surface area contributed by atoms with Crippen molar-refractivity contribution < 1.29 is 16.8 Å². The number of hydrogen-bond acceptors (Lipinski definition) is 5. The van der Waals surface area contributed by atoms with E-state index in [4.69, 9.17) is 0 Å². The first-order valence-corrected chi connectivity index (χ1v) is 11.6. The molecule has 0 fully saturated rings. The fourth-order valence-electron chi connectivity index (χ4n) is 3.05. The van der Waals surface area contributed by atoms with Crippen LogP contribution in [0.15, 0.2) is 58.3 Å². The quantitative estimate of drug-likeness (QED) is 0.777. The Bertz CT molecular complexity index is 1000. The van der Waals surface area contributed by atoms with Crippen molar-refractivity contribution in [3.63, 3.8) is 0 Å². The van der Waals surface area contributed by atoms with Crippen molar-refractivity contribution in [2.24, 2.45) is 0 Å². The minimum Gasteiger partial charge on any atom is -0.308 e. The molecule has 0 spiro atoms. The predicted molar refractivity (Wildman–Crippen MR) is 100 cm³/mol. The number of hydrogen-bond donors (Lipinski definition) is 2. The summed E-state index contributed by atoms with van der Waals surface area (Å²) in [6.45, 7) is 2.51. The van der Waals surface area contributed by atoms with Crippen LogP contribution in [0.1, 0.15) is 24.1 Å². The van der Waals surface area contributed by atoms with Crippen molar-refractivity contribution in [1.82, 2.24) is 10.0 Å². The first-order valence-electron chi connectivity index (χ1n) is 8.47. The molecular weight excluding hydrogens is 372 g/mol.